The van der Waals surface area contributed by atoms with Crippen LogP contribution in [0.5, 0.6) is 5.75 Å². The van der Waals surface area contributed by atoms with Crippen molar-refractivity contribution in [1.29, 1.82) is 0 Å². The summed E-state index contributed by atoms with van der Waals surface area (Å²) in [6, 6.07) is 8.32. The molecule has 1 aromatic heterocycles. The largest absolute Gasteiger partial charge is 0.492 e. The summed E-state index contributed by atoms with van der Waals surface area (Å²) in [6.45, 7) is 2.92. The molecule has 0 aliphatic rings. The van der Waals surface area contributed by atoms with Crippen LogP contribution in [0.15, 0.2) is 29.6 Å². The van der Waals surface area contributed by atoms with Gasteiger partial charge in [0.15, 0.2) is 0 Å². The first-order chi connectivity index (χ1) is 6.42. The number of hydrogen-bond donors (Lipinski definition) is 0. The summed E-state index contributed by atoms with van der Waals surface area (Å²) in [5.74, 6) is 1.02. The van der Waals surface area contributed by atoms with Gasteiger partial charge in [-0.05, 0) is 29.3 Å². The van der Waals surface area contributed by atoms with Gasteiger partial charge in [0.1, 0.15) is 5.75 Å². The maximum atomic E-state index is 5.64. The number of ether oxygens (including phenoxy) is 1. The second kappa shape index (κ2) is 3.79. The minimum absolute atomic E-state index is 0.803. The summed E-state index contributed by atoms with van der Waals surface area (Å²) in [5, 5.41) is 3.38. The average molecular weight is 192 g/mol. The van der Waals surface area contributed by atoms with Gasteiger partial charge in [0, 0.05) is 0 Å². The van der Waals surface area contributed by atoms with Crippen LogP contribution in [0.4, 0.5) is 0 Å². The molecule has 0 aliphatic carbocycles. The van der Waals surface area contributed by atoms with Gasteiger partial charge in [0.25, 0.3) is 0 Å². The Kier molecular flexibility index (Phi) is 2.50. The summed E-state index contributed by atoms with van der Waals surface area (Å²) in [6.07, 6.45) is 1.06. The van der Waals surface area contributed by atoms with E-state index in [0.717, 1.165) is 18.8 Å². The predicted molar refractivity (Wildman–Crippen MR) is 57.6 cm³/mol. The Hall–Kier alpha value is -1.02. The van der Waals surface area contributed by atoms with Crippen molar-refractivity contribution >= 4 is 21.4 Å². The Labute approximate surface area is 82.0 Å². The molecule has 0 spiro atoms. The molecule has 2 heteroatoms. The maximum absolute atomic E-state index is 5.64. The molecule has 0 amide bonds. The minimum Gasteiger partial charge on any atom is -0.492 e. The van der Waals surface area contributed by atoms with Gasteiger partial charge >= 0.3 is 0 Å². The van der Waals surface area contributed by atoms with E-state index in [9.17, 15) is 0 Å². The van der Waals surface area contributed by atoms with Crippen LogP contribution in [-0.2, 0) is 0 Å². The molecule has 0 saturated carbocycles. The molecular weight excluding hydrogens is 180 g/mol. The van der Waals surface area contributed by atoms with E-state index in [2.05, 4.69) is 24.4 Å². The predicted octanol–water partition coefficient (Wildman–Crippen LogP) is 3.69. The first-order valence-electron chi connectivity index (χ1n) is 4.51. The van der Waals surface area contributed by atoms with Crippen LogP contribution in [0.3, 0.4) is 0 Å². The van der Waals surface area contributed by atoms with Gasteiger partial charge in [-0.3, -0.25) is 0 Å². The lowest BCUT2D eigenvalue weighted by Crippen LogP contribution is -1.94. The van der Waals surface area contributed by atoms with Crippen molar-refractivity contribution in [2.24, 2.45) is 0 Å². The summed E-state index contributed by atoms with van der Waals surface area (Å²) in [4.78, 5) is 0. The van der Waals surface area contributed by atoms with E-state index in [1.807, 2.05) is 12.1 Å². The number of thiophene rings is 1. The van der Waals surface area contributed by atoms with E-state index >= 15 is 0 Å². The second-order valence-electron chi connectivity index (χ2n) is 2.94. The third-order valence-electron chi connectivity index (χ3n) is 1.90. The Bertz CT molecular complexity index is 392. The fourth-order valence-corrected chi connectivity index (χ4v) is 2.16. The second-order valence-corrected chi connectivity index (χ2v) is 3.86. The molecule has 1 nitrogen and oxygen atoms in total. The van der Waals surface area contributed by atoms with Crippen molar-refractivity contribution in [3.63, 3.8) is 0 Å². The number of benzene rings is 1. The smallest absolute Gasteiger partial charge is 0.137 e. The summed E-state index contributed by atoms with van der Waals surface area (Å²) < 4.78 is 6.90. The van der Waals surface area contributed by atoms with Crippen LogP contribution in [0.2, 0.25) is 0 Å². The first kappa shape index (κ1) is 8.57. The molecule has 0 N–H and O–H groups in total. The van der Waals surface area contributed by atoms with Crippen LogP contribution in [0.25, 0.3) is 10.1 Å². The number of rotatable bonds is 3. The van der Waals surface area contributed by atoms with E-state index in [1.165, 1.54) is 10.1 Å². The third kappa shape index (κ3) is 1.68. The molecular formula is C11H12OS. The number of hydrogen-bond acceptors (Lipinski definition) is 2. The molecule has 2 rings (SSSR count). The van der Waals surface area contributed by atoms with Gasteiger partial charge in [-0.2, -0.15) is 0 Å². The lowest BCUT2D eigenvalue weighted by atomic mass is 10.2. The summed E-state index contributed by atoms with van der Waals surface area (Å²) in [5.41, 5.74) is 0. The fraction of sp³-hybridized carbons (Fsp3) is 0.273. The molecule has 1 heterocycles. The molecule has 0 fully saturated rings. The summed E-state index contributed by atoms with van der Waals surface area (Å²) >= 11 is 1.74. The molecule has 1 aromatic carbocycles. The van der Waals surface area contributed by atoms with Crippen molar-refractivity contribution in [3.05, 3.63) is 29.6 Å². The third-order valence-corrected chi connectivity index (χ3v) is 2.85. The minimum atomic E-state index is 0.803. The topological polar surface area (TPSA) is 9.23 Å². The van der Waals surface area contributed by atoms with Crippen molar-refractivity contribution in [2.45, 2.75) is 13.3 Å². The highest BCUT2D eigenvalue weighted by Crippen LogP contribution is 2.30. The zero-order valence-corrected chi connectivity index (χ0v) is 8.43. The highest BCUT2D eigenvalue weighted by molar-refractivity contribution is 7.17. The Morgan fingerprint density at radius 1 is 1.31 bits per heavy atom. The molecule has 0 radical (unpaired) electrons. The SMILES string of the molecule is CCCOc1cccc2ccsc12. The zero-order chi connectivity index (χ0) is 9.10. The van der Waals surface area contributed by atoms with E-state index in [4.69, 9.17) is 4.74 Å². The molecule has 0 atom stereocenters. The molecule has 0 aliphatic heterocycles. The Morgan fingerprint density at radius 3 is 3.08 bits per heavy atom. The fourth-order valence-electron chi connectivity index (χ4n) is 1.29. The highest BCUT2D eigenvalue weighted by atomic mass is 32.1. The van der Waals surface area contributed by atoms with Gasteiger partial charge in [0.2, 0.25) is 0 Å². The van der Waals surface area contributed by atoms with Gasteiger partial charge in [-0.1, -0.05) is 19.1 Å². The van der Waals surface area contributed by atoms with Crippen molar-refractivity contribution in [1.82, 2.24) is 0 Å². The molecule has 13 heavy (non-hydrogen) atoms. The quantitative estimate of drug-likeness (QED) is 0.720. The van der Waals surface area contributed by atoms with Crippen LogP contribution in [0, 0.1) is 0 Å². The highest BCUT2D eigenvalue weighted by Gasteiger charge is 2.01. The maximum Gasteiger partial charge on any atom is 0.137 e. The van der Waals surface area contributed by atoms with Crippen LogP contribution >= 0.6 is 11.3 Å². The van der Waals surface area contributed by atoms with Gasteiger partial charge < -0.3 is 4.74 Å². The standard InChI is InChI=1S/C11H12OS/c1-2-7-12-10-5-3-4-9-6-8-13-11(9)10/h3-6,8H,2,7H2,1H3. The van der Waals surface area contributed by atoms with E-state index in [1.54, 1.807) is 11.3 Å². The normalized spacial score (nSPS) is 10.5. The Balaban J connectivity index is 2.37. The lowest BCUT2D eigenvalue weighted by Gasteiger charge is -2.04. The van der Waals surface area contributed by atoms with E-state index in [-0.39, 0.29) is 0 Å². The molecule has 68 valence electrons. The molecule has 0 unspecified atom stereocenters. The van der Waals surface area contributed by atoms with Gasteiger partial charge in [0.05, 0.1) is 11.3 Å². The van der Waals surface area contributed by atoms with Gasteiger partial charge in [-0.15, -0.1) is 11.3 Å². The monoisotopic (exact) mass is 192 g/mol. The average Bonchev–Trinajstić information content (AvgIpc) is 2.62. The van der Waals surface area contributed by atoms with Crippen molar-refractivity contribution in [3.8, 4) is 5.75 Å². The van der Waals surface area contributed by atoms with Crippen molar-refractivity contribution in [2.75, 3.05) is 6.61 Å². The van der Waals surface area contributed by atoms with Crippen LogP contribution in [0.1, 0.15) is 13.3 Å². The molecule has 2 aromatic rings. The Morgan fingerprint density at radius 2 is 2.23 bits per heavy atom. The molecule has 0 saturated heterocycles. The zero-order valence-electron chi connectivity index (χ0n) is 7.62. The van der Waals surface area contributed by atoms with Crippen LogP contribution in [-0.4, -0.2) is 6.61 Å². The number of fused-ring (bicyclic) bond motifs is 1. The first-order valence-corrected chi connectivity index (χ1v) is 5.39. The summed E-state index contributed by atoms with van der Waals surface area (Å²) in [7, 11) is 0. The molecule has 0 bridgehead atoms. The van der Waals surface area contributed by atoms with Crippen molar-refractivity contribution < 1.29 is 4.74 Å². The van der Waals surface area contributed by atoms with E-state index < -0.39 is 0 Å². The van der Waals surface area contributed by atoms with Gasteiger partial charge in [-0.25, -0.2) is 0 Å². The van der Waals surface area contributed by atoms with E-state index in [0.29, 0.717) is 0 Å². The lowest BCUT2D eigenvalue weighted by molar-refractivity contribution is 0.321. The van der Waals surface area contributed by atoms with Crippen LogP contribution < -0.4 is 4.74 Å².